The van der Waals surface area contributed by atoms with E-state index in [0.29, 0.717) is 18.9 Å². The third-order valence-corrected chi connectivity index (χ3v) is 5.93. The highest BCUT2D eigenvalue weighted by atomic mass is 32.2. The fourth-order valence-electron chi connectivity index (χ4n) is 2.67. The number of nitrogens with zero attached hydrogens (tertiary/aromatic N) is 1. The Morgan fingerprint density at radius 3 is 2.64 bits per heavy atom. The number of benzene rings is 1. The van der Waals surface area contributed by atoms with Gasteiger partial charge in [0.15, 0.2) is 9.84 Å². The van der Waals surface area contributed by atoms with Crippen molar-refractivity contribution < 1.29 is 26.8 Å². The summed E-state index contributed by atoms with van der Waals surface area (Å²) in [5.41, 5.74) is -0.263. The summed E-state index contributed by atoms with van der Waals surface area (Å²) >= 11 is 0. The molecule has 0 spiro atoms. The molecule has 1 fully saturated rings. The molecule has 2 amide bonds. The summed E-state index contributed by atoms with van der Waals surface area (Å²) in [6.45, 7) is 0.151. The maximum Gasteiger partial charge on any atom is 0.254 e. The molecule has 0 radical (unpaired) electrons. The van der Waals surface area contributed by atoms with Crippen LogP contribution in [0.3, 0.4) is 0 Å². The van der Waals surface area contributed by atoms with Gasteiger partial charge in [-0.15, -0.1) is 0 Å². The fourth-order valence-corrected chi connectivity index (χ4v) is 4.45. The predicted octanol–water partition coefficient (Wildman–Crippen LogP) is 1.12. The quantitative estimate of drug-likeness (QED) is 0.757. The Hall–Kier alpha value is -2.03. The molecule has 1 unspecified atom stereocenters. The molecule has 1 atom stereocenters. The molecule has 25 heavy (non-hydrogen) atoms. The zero-order chi connectivity index (χ0) is 18.6. The van der Waals surface area contributed by atoms with Gasteiger partial charge in [-0.05, 0) is 25.0 Å². The Kier molecular flexibility index (Phi) is 6.10. The number of rotatable bonds is 6. The first kappa shape index (κ1) is 19.3. The summed E-state index contributed by atoms with van der Waals surface area (Å²) in [4.78, 5) is 25.3. The average Bonchev–Trinajstić information content (AvgIpc) is 2.90. The van der Waals surface area contributed by atoms with Crippen molar-refractivity contribution in [2.45, 2.75) is 25.3 Å². The Labute approximate surface area is 145 Å². The number of sulfone groups is 1. The van der Waals surface area contributed by atoms with E-state index in [1.54, 1.807) is 7.05 Å². The molecule has 1 N–H and O–H groups in total. The van der Waals surface area contributed by atoms with Gasteiger partial charge in [0.1, 0.15) is 11.6 Å². The first-order chi connectivity index (χ1) is 11.7. The average molecular weight is 374 g/mol. The van der Waals surface area contributed by atoms with Crippen molar-refractivity contribution in [1.82, 2.24) is 10.2 Å². The Bertz CT molecular complexity index is 767. The van der Waals surface area contributed by atoms with Crippen LogP contribution in [0, 0.1) is 11.6 Å². The minimum absolute atomic E-state index is 0.0180. The van der Waals surface area contributed by atoms with Crippen molar-refractivity contribution in [2.75, 3.05) is 25.1 Å². The van der Waals surface area contributed by atoms with Gasteiger partial charge in [0.05, 0.1) is 17.1 Å². The van der Waals surface area contributed by atoms with E-state index >= 15 is 0 Å². The van der Waals surface area contributed by atoms with E-state index in [0.717, 1.165) is 12.1 Å². The summed E-state index contributed by atoms with van der Waals surface area (Å²) in [5, 5.41) is 2.47. The van der Waals surface area contributed by atoms with Crippen LogP contribution in [0.15, 0.2) is 18.2 Å². The van der Waals surface area contributed by atoms with Crippen LogP contribution in [0.25, 0.3) is 0 Å². The van der Waals surface area contributed by atoms with Crippen LogP contribution in [0.4, 0.5) is 8.78 Å². The van der Waals surface area contributed by atoms with Crippen molar-refractivity contribution >= 4 is 21.7 Å². The summed E-state index contributed by atoms with van der Waals surface area (Å²) < 4.78 is 49.2. The van der Waals surface area contributed by atoms with Gasteiger partial charge in [0, 0.05) is 32.1 Å². The second-order valence-corrected chi connectivity index (χ2v) is 8.27. The molecule has 0 saturated carbocycles. The minimum Gasteiger partial charge on any atom is -0.352 e. The molecule has 1 saturated heterocycles. The number of carbonyl (C=O) groups is 2. The molecule has 9 heteroatoms. The van der Waals surface area contributed by atoms with Crippen LogP contribution >= 0.6 is 0 Å². The molecule has 138 valence electrons. The molecule has 0 bridgehead atoms. The molecule has 1 aliphatic heterocycles. The number of nitrogens with one attached hydrogen (secondary N) is 1. The van der Waals surface area contributed by atoms with Crippen LogP contribution < -0.4 is 5.32 Å². The molecule has 1 heterocycles. The highest BCUT2D eigenvalue weighted by molar-refractivity contribution is 7.91. The first-order valence-corrected chi connectivity index (χ1v) is 9.71. The minimum atomic E-state index is -3.06. The standard InChI is InChI=1S/C16H20F2N2O4S/c1-20(12-6-8-25(23,24)10-12)15(21)3-2-7-19-16(22)13-5-4-11(17)9-14(13)18/h4-5,9,12H,2-3,6-8,10H2,1H3,(H,19,22). The van der Waals surface area contributed by atoms with E-state index in [9.17, 15) is 26.8 Å². The third-order valence-electron chi connectivity index (χ3n) is 4.18. The van der Waals surface area contributed by atoms with Gasteiger partial charge < -0.3 is 10.2 Å². The lowest BCUT2D eigenvalue weighted by molar-refractivity contribution is -0.131. The molecule has 1 aromatic rings. The second-order valence-electron chi connectivity index (χ2n) is 6.05. The normalized spacial score (nSPS) is 18.8. The highest BCUT2D eigenvalue weighted by Crippen LogP contribution is 2.17. The molecule has 2 rings (SSSR count). The van der Waals surface area contributed by atoms with Gasteiger partial charge in [-0.1, -0.05) is 0 Å². The third kappa shape index (κ3) is 5.22. The lowest BCUT2D eigenvalue weighted by Gasteiger charge is -2.23. The Balaban J connectivity index is 1.75. The Morgan fingerprint density at radius 2 is 2.04 bits per heavy atom. The largest absolute Gasteiger partial charge is 0.352 e. The van der Waals surface area contributed by atoms with Gasteiger partial charge in [0.2, 0.25) is 5.91 Å². The number of hydrogen-bond acceptors (Lipinski definition) is 4. The second kappa shape index (κ2) is 7.90. The van der Waals surface area contributed by atoms with Crippen molar-refractivity contribution in [2.24, 2.45) is 0 Å². The number of hydrogen-bond donors (Lipinski definition) is 1. The lowest BCUT2D eigenvalue weighted by Crippen LogP contribution is -2.38. The van der Waals surface area contributed by atoms with E-state index in [1.807, 2.05) is 0 Å². The predicted molar refractivity (Wildman–Crippen MR) is 87.8 cm³/mol. The maximum absolute atomic E-state index is 13.5. The number of carbonyl (C=O) groups excluding carboxylic acids is 2. The van der Waals surface area contributed by atoms with Gasteiger partial charge in [0.25, 0.3) is 5.91 Å². The van der Waals surface area contributed by atoms with Crippen molar-refractivity contribution in [1.29, 1.82) is 0 Å². The van der Waals surface area contributed by atoms with Crippen LogP contribution in [0.1, 0.15) is 29.6 Å². The lowest BCUT2D eigenvalue weighted by atomic mass is 10.2. The highest BCUT2D eigenvalue weighted by Gasteiger charge is 2.32. The summed E-state index contributed by atoms with van der Waals surface area (Å²) in [7, 11) is -1.49. The van der Waals surface area contributed by atoms with E-state index in [4.69, 9.17) is 0 Å². The van der Waals surface area contributed by atoms with E-state index < -0.39 is 27.4 Å². The van der Waals surface area contributed by atoms with Crippen LogP contribution in [-0.2, 0) is 14.6 Å². The van der Waals surface area contributed by atoms with E-state index in [1.165, 1.54) is 4.90 Å². The Morgan fingerprint density at radius 1 is 1.32 bits per heavy atom. The summed E-state index contributed by atoms with van der Waals surface area (Å²) in [6, 6.07) is 2.37. The van der Waals surface area contributed by atoms with Gasteiger partial charge >= 0.3 is 0 Å². The smallest absolute Gasteiger partial charge is 0.254 e. The van der Waals surface area contributed by atoms with Crippen LogP contribution in [0.2, 0.25) is 0 Å². The molecule has 0 aromatic heterocycles. The molecular weight excluding hydrogens is 354 g/mol. The van der Waals surface area contributed by atoms with Crippen molar-refractivity contribution in [3.8, 4) is 0 Å². The van der Waals surface area contributed by atoms with Crippen LogP contribution in [-0.4, -0.2) is 56.3 Å². The molecule has 1 aliphatic rings. The first-order valence-electron chi connectivity index (χ1n) is 7.89. The monoisotopic (exact) mass is 374 g/mol. The van der Waals surface area contributed by atoms with Crippen molar-refractivity contribution in [3.05, 3.63) is 35.4 Å². The van der Waals surface area contributed by atoms with Gasteiger partial charge in [-0.2, -0.15) is 0 Å². The number of amides is 2. The maximum atomic E-state index is 13.5. The van der Waals surface area contributed by atoms with E-state index in [-0.39, 0.29) is 42.0 Å². The molecule has 6 nitrogen and oxygen atoms in total. The fraction of sp³-hybridized carbons (Fsp3) is 0.500. The van der Waals surface area contributed by atoms with Gasteiger partial charge in [-0.25, -0.2) is 17.2 Å². The number of halogens is 2. The zero-order valence-corrected chi connectivity index (χ0v) is 14.6. The topological polar surface area (TPSA) is 83.6 Å². The van der Waals surface area contributed by atoms with E-state index in [2.05, 4.69) is 5.32 Å². The molecular formula is C16H20F2N2O4S. The molecule has 0 aliphatic carbocycles. The summed E-state index contributed by atoms with van der Waals surface area (Å²) in [6.07, 6.45) is 0.904. The SMILES string of the molecule is CN(C(=O)CCCNC(=O)c1ccc(F)cc1F)C1CCS(=O)(=O)C1. The molecule has 1 aromatic carbocycles. The summed E-state index contributed by atoms with van der Waals surface area (Å²) in [5.74, 6) is -2.53. The van der Waals surface area contributed by atoms with Crippen LogP contribution in [0.5, 0.6) is 0 Å². The van der Waals surface area contributed by atoms with Gasteiger partial charge in [-0.3, -0.25) is 9.59 Å². The zero-order valence-electron chi connectivity index (χ0n) is 13.8. The van der Waals surface area contributed by atoms with Crippen molar-refractivity contribution in [3.63, 3.8) is 0 Å².